The quantitative estimate of drug-likeness (QED) is 0.730. The van der Waals surface area contributed by atoms with Crippen molar-refractivity contribution in [2.45, 2.75) is 31.2 Å². The number of H-pyrrole nitrogens is 1. The molecule has 0 amide bonds. The van der Waals surface area contributed by atoms with Gasteiger partial charge in [0.15, 0.2) is 5.82 Å². The van der Waals surface area contributed by atoms with E-state index in [9.17, 15) is 0 Å². The van der Waals surface area contributed by atoms with E-state index in [4.69, 9.17) is 20.6 Å². The molecule has 4 rings (SSSR count). The van der Waals surface area contributed by atoms with Crippen LogP contribution >= 0.6 is 0 Å². The topological polar surface area (TPSA) is 108 Å². The monoisotopic (exact) mass is 339 g/mol. The molecule has 3 aromatic heterocycles. The van der Waals surface area contributed by atoms with E-state index < -0.39 is 0 Å². The molecule has 0 radical (unpaired) electrons. The van der Waals surface area contributed by atoms with Crippen LogP contribution in [0.4, 0.5) is 0 Å². The minimum Gasteiger partial charge on any atom is -0.381 e. The van der Waals surface area contributed by atoms with E-state index in [2.05, 4.69) is 15.0 Å². The van der Waals surface area contributed by atoms with Crippen molar-refractivity contribution >= 4 is 0 Å². The lowest BCUT2D eigenvalue weighted by Gasteiger charge is -2.18. The van der Waals surface area contributed by atoms with E-state index in [0.717, 1.165) is 49.1 Å². The van der Waals surface area contributed by atoms with E-state index in [1.54, 1.807) is 24.9 Å². The van der Waals surface area contributed by atoms with Gasteiger partial charge in [-0.3, -0.25) is 4.98 Å². The van der Waals surface area contributed by atoms with Crippen molar-refractivity contribution in [3.8, 4) is 5.69 Å². The van der Waals surface area contributed by atoms with Crippen LogP contribution in [-0.4, -0.2) is 42.9 Å². The lowest BCUT2D eigenvalue weighted by molar-refractivity contribution is 0.0836. The van der Waals surface area contributed by atoms with Crippen LogP contribution in [0, 0.1) is 0 Å². The molecule has 1 aliphatic rings. The lowest BCUT2D eigenvalue weighted by Crippen LogP contribution is -2.19. The third kappa shape index (κ3) is 3.45. The molecular weight excluding hydrogens is 318 g/mol. The Balaban J connectivity index is 1.68. The van der Waals surface area contributed by atoms with Gasteiger partial charge in [-0.2, -0.15) is 5.10 Å². The first kappa shape index (κ1) is 15.9. The molecule has 3 N–H and O–H groups in total. The molecule has 1 saturated heterocycles. The second-order valence-corrected chi connectivity index (χ2v) is 6.22. The summed E-state index contributed by atoms with van der Waals surface area (Å²) in [6.45, 7) is 1.51. The van der Waals surface area contributed by atoms with Gasteiger partial charge in [-0.15, -0.1) is 0 Å². The smallest absolute Gasteiger partial charge is 0.154 e. The predicted molar refractivity (Wildman–Crippen MR) is 91.2 cm³/mol. The van der Waals surface area contributed by atoms with Crippen molar-refractivity contribution < 1.29 is 4.74 Å². The van der Waals surface area contributed by atoms with Gasteiger partial charge in [0, 0.05) is 49.8 Å². The molecule has 0 bridgehead atoms. The van der Waals surface area contributed by atoms with Gasteiger partial charge in [-0.25, -0.2) is 14.6 Å². The molecule has 1 aliphatic heterocycles. The molecule has 0 unspecified atom stereocenters. The van der Waals surface area contributed by atoms with Crippen LogP contribution in [0.2, 0.25) is 0 Å². The number of hydrogen-bond donors (Lipinski definition) is 2. The molecule has 4 heterocycles. The van der Waals surface area contributed by atoms with Gasteiger partial charge >= 0.3 is 0 Å². The van der Waals surface area contributed by atoms with Crippen molar-refractivity contribution in [1.29, 1.82) is 0 Å². The van der Waals surface area contributed by atoms with E-state index in [-0.39, 0.29) is 6.04 Å². The van der Waals surface area contributed by atoms with Crippen LogP contribution in [0.3, 0.4) is 0 Å². The number of aromatic nitrogens is 6. The number of nitrogens with two attached hydrogens (primary N) is 1. The van der Waals surface area contributed by atoms with Gasteiger partial charge in [0.05, 0.1) is 18.1 Å². The van der Waals surface area contributed by atoms with Crippen LogP contribution in [0.1, 0.15) is 42.1 Å². The Labute approximate surface area is 145 Å². The largest absolute Gasteiger partial charge is 0.381 e. The lowest BCUT2D eigenvalue weighted by atomic mass is 10.00. The summed E-state index contributed by atoms with van der Waals surface area (Å²) in [6.07, 6.45) is 9.43. The Hall–Kier alpha value is -2.58. The Morgan fingerprint density at radius 1 is 1.24 bits per heavy atom. The van der Waals surface area contributed by atoms with Gasteiger partial charge in [0.2, 0.25) is 0 Å². The molecule has 1 fully saturated rings. The third-order valence-electron chi connectivity index (χ3n) is 4.47. The Kier molecular flexibility index (Phi) is 4.53. The van der Waals surface area contributed by atoms with Gasteiger partial charge in [0.25, 0.3) is 0 Å². The van der Waals surface area contributed by atoms with Gasteiger partial charge < -0.3 is 15.5 Å². The van der Waals surface area contributed by atoms with Crippen LogP contribution < -0.4 is 5.73 Å². The maximum atomic E-state index is 6.46. The Morgan fingerprint density at radius 3 is 2.76 bits per heavy atom. The standard InChI is InChI=1S/C17H21N7O/c18-15(9-13-10-20-11-21-13)17-22-16(12-3-7-25-8-4-12)23-24(17)14-1-5-19-6-2-14/h1-2,5-6,10-12,15H,3-4,7-9,18H2,(H,20,21)/t15-/m0/s1. The molecule has 25 heavy (non-hydrogen) atoms. The fraction of sp³-hybridized carbons (Fsp3) is 0.412. The second kappa shape index (κ2) is 7.12. The molecular formula is C17H21N7O. The SMILES string of the molecule is N[C@@H](Cc1cnc[nH]1)c1nc(C2CCOCC2)nn1-c1ccncc1. The second-order valence-electron chi connectivity index (χ2n) is 6.22. The Morgan fingerprint density at radius 2 is 2.04 bits per heavy atom. The minimum atomic E-state index is -0.283. The number of aromatic amines is 1. The summed E-state index contributed by atoms with van der Waals surface area (Å²) in [4.78, 5) is 16.0. The normalized spacial score (nSPS) is 16.8. The molecule has 0 saturated carbocycles. The predicted octanol–water partition coefficient (Wildman–Crippen LogP) is 1.52. The first-order chi connectivity index (χ1) is 12.3. The van der Waals surface area contributed by atoms with E-state index in [1.807, 2.05) is 16.8 Å². The first-order valence-corrected chi connectivity index (χ1v) is 8.49. The summed E-state index contributed by atoms with van der Waals surface area (Å²) in [5.41, 5.74) is 8.34. The number of pyridine rings is 1. The summed E-state index contributed by atoms with van der Waals surface area (Å²) in [5.74, 6) is 1.91. The summed E-state index contributed by atoms with van der Waals surface area (Å²) in [6, 6.07) is 3.54. The highest BCUT2D eigenvalue weighted by Crippen LogP contribution is 2.27. The van der Waals surface area contributed by atoms with E-state index >= 15 is 0 Å². The summed E-state index contributed by atoms with van der Waals surface area (Å²) in [5, 5.41) is 4.77. The maximum absolute atomic E-state index is 6.46. The van der Waals surface area contributed by atoms with Crippen molar-refractivity contribution in [3.63, 3.8) is 0 Å². The third-order valence-corrected chi connectivity index (χ3v) is 4.47. The molecule has 3 aromatic rings. The van der Waals surface area contributed by atoms with Crippen LogP contribution in [-0.2, 0) is 11.2 Å². The van der Waals surface area contributed by atoms with Crippen molar-refractivity contribution in [1.82, 2.24) is 29.7 Å². The molecule has 1 atom stereocenters. The highest BCUT2D eigenvalue weighted by atomic mass is 16.5. The highest BCUT2D eigenvalue weighted by molar-refractivity contribution is 5.30. The average Bonchev–Trinajstić information content (AvgIpc) is 3.33. The molecule has 130 valence electrons. The van der Waals surface area contributed by atoms with Crippen LogP contribution in [0.25, 0.3) is 5.69 Å². The van der Waals surface area contributed by atoms with Crippen molar-refractivity contribution in [2.24, 2.45) is 5.73 Å². The fourth-order valence-electron chi connectivity index (χ4n) is 3.11. The van der Waals surface area contributed by atoms with Gasteiger partial charge in [-0.05, 0) is 25.0 Å². The fourth-order valence-corrected chi connectivity index (χ4v) is 3.11. The van der Waals surface area contributed by atoms with Crippen molar-refractivity contribution in [3.05, 3.63) is 54.4 Å². The minimum absolute atomic E-state index is 0.283. The zero-order valence-corrected chi connectivity index (χ0v) is 13.9. The molecule has 8 nitrogen and oxygen atoms in total. The molecule has 0 aromatic carbocycles. The number of imidazole rings is 1. The number of rotatable bonds is 5. The summed E-state index contributed by atoms with van der Waals surface area (Å²) in [7, 11) is 0. The Bertz CT molecular complexity index is 794. The number of nitrogens with one attached hydrogen (secondary N) is 1. The molecule has 8 heteroatoms. The zero-order valence-electron chi connectivity index (χ0n) is 13.9. The molecule has 0 aliphatic carbocycles. The van der Waals surface area contributed by atoms with Crippen molar-refractivity contribution in [2.75, 3.05) is 13.2 Å². The van der Waals surface area contributed by atoms with E-state index in [0.29, 0.717) is 12.3 Å². The van der Waals surface area contributed by atoms with E-state index in [1.165, 1.54) is 0 Å². The van der Waals surface area contributed by atoms with Crippen LogP contribution in [0.15, 0.2) is 37.1 Å². The highest BCUT2D eigenvalue weighted by Gasteiger charge is 2.25. The number of nitrogens with zero attached hydrogens (tertiary/aromatic N) is 5. The zero-order chi connectivity index (χ0) is 17.1. The van der Waals surface area contributed by atoms with Gasteiger partial charge in [-0.1, -0.05) is 0 Å². The summed E-state index contributed by atoms with van der Waals surface area (Å²) < 4.78 is 7.29. The average molecular weight is 339 g/mol. The number of ether oxygens (including phenoxy) is 1. The van der Waals surface area contributed by atoms with Gasteiger partial charge in [0.1, 0.15) is 5.82 Å². The molecule has 0 spiro atoms. The first-order valence-electron chi connectivity index (χ1n) is 8.49. The number of hydrogen-bond acceptors (Lipinski definition) is 6. The van der Waals surface area contributed by atoms with Crippen LogP contribution in [0.5, 0.6) is 0 Å². The maximum Gasteiger partial charge on any atom is 0.154 e. The summed E-state index contributed by atoms with van der Waals surface area (Å²) >= 11 is 0.